The third-order valence-electron chi connectivity index (χ3n) is 2.86. The fourth-order valence-electron chi connectivity index (χ4n) is 1.62. The average Bonchev–Trinajstić information content (AvgIpc) is 2.86. The Labute approximate surface area is 117 Å². The van der Waals surface area contributed by atoms with Gasteiger partial charge in [0, 0.05) is 10.8 Å². The van der Waals surface area contributed by atoms with E-state index in [0.717, 1.165) is 17.7 Å². The van der Waals surface area contributed by atoms with Crippen molar-refractivity contribution in [1.29, 1.82) is 0 Å². The molecular formula is C14H18N2O2S. The monoisotopic (exact) mass is 278 g/mol. The van der Waals surface area contributed by atoms with Gasteiger partial charge in [0.05, 0.1) is 13.5 Å². The van der Waals surface area contributed by atoms with Gasteiger partial charge in [-0.05, 0) is 12.5 Å². The van der Waals surface area contributed by atoms with Gasteiger partial charge in [0.2, 0.25) is 5.89 Å². The zero-order valence-corrected chi connectivity index (χ0v) is 12.2. The molecule has 0 amide bonds. The van der Waals surface area contributed by atoms with Crippen LogP contribution >= 0.6 is 11.8 Å². The van der Waals surface area contributed by atoms with E-state index in [9.17, 15) is 0 Å². The van der Waals surface area contributed by atoms with Crippen molar-refractivity contribution in [1.82, 2.24) is 10.2 Å². The van der Waals surface area contributed by atoms with E-state index in [1.807, 2.05) is 24.3 Å². The van der Waals surface area contributed by atoms with E-state index in [-0.39, 0.29) is 0 Å². The van der Waals surface area contributed by atoms with Gasteiger partial charge in [-0.1, -0.05) is 43.8 Å². The fourth-order valence-corrected chi connectivity index (χ4v) is 2.37. The van der Waals surface area contributed by atoms with Crippen molar-refractivity contribution in [3.05, 3.63) is 35.7 Å². The van der Waals surface area contributed by atoms with E-state index in [4.69, 9.17) is 9.15 Å². The minimum atomic E-state index is 0.486. The van der Waals surface area contributed by atoms with Crippen LogP contribution in [0, 0.1) is 0 Å². The number of ether oxygens (including phenoxy) is 1. The summed E-state index contributed by atoms with van der Waals surface area (Å²) in [6.45, 7) is 4.29. The number of aromatic nitrogens is 2. The van der Waals surface area contributed by atoms with Crippen LogP contribution in [0.25, 0.3) is 0 Å². The summed E-state index contributed by atoms with van der Waals surface area (Å²) >= 11 is 1.61. The van der Waals surface area contributed by atoms with Gasteiger partial charge >= 0.3 is 0 Å². The number of hydrogen-bond acceptors (Lipinski definition) is 5. The Kier molecular flexibility index (Phi) is 4.85. The van der Waals surface area contributed by atoms with Gasteiger partial charge in [-0.25, -0.2) is 0 Å². The number of rotatable bonds is 6. The highest BCUT2D eigenvalue weighted by Gasteiger charge is 2.12. The highest BCUT2D eigenvalue weighted by molar-refractivity contribution is 7.99. The molecule has 0 bridgehead atoms. The summed E-state index contributed by atoms with van der Waals surface area (Å²) in [6.07, 6.45) is 1.67. The lowest BCUT2D eigenvalue weighted by molar-refractivity contribution is 0.400. The third-order valence-corrected chi connectivity index (χ3v) is 3.96. The third kappa shape index (κ3) is 3.73. The normalized spacial score (nSPS) is 12.4. The van der Waals surface area contributed by atoms with Crippen molar-refractivity contribution >= 4 is 11.8 Å². The maximum atomic E-state index is 5.64. The summed E-state index contributed by atoms with van der Waals surface area (Å²) in [5, 5.41) is 9.27. The molecule has 1 atom stereocenters. The molecule has 1 aromatic heterocycles. The first kappa shape index (κ1) is 13.9. The van der Waals surface area contributed by atoms with Gasteiger partial charge in [-0.15, -0.1) is 10.2 Å². The van der Waals surface area contributed by atoms with Crippen LogP contribution in [0.4, 0.5) is 0 Å². The lowest BCUT2D eigenvalue weighted by Gasteiger charge is -2.05. The molecule has 0 aliphatic rings. The van der Waals surface area contributed by atoms with E-state index >= 15 is 0 Å². The van der Waals surface area contributed by atoms with Crippen LogP contribution in [0.1, 0.15) is 31.7 Å². The Morgan fingerprint density at radius 2 is 2.11 bits per heavy atom. The second kappa shape index (κ2) is 6.61. The lowest BCUT2D eigenvalue weighted by atomic mass is 10.1. The molecule has 0 spiro atoms. The number of para-hydroxylation sites is 1. The second-order valence-corrected chi connectivity index (χ2v) is 5.68. The smallest absolute Gasteiger partial charge is 0.276 e. The van der Waals surface area contributed by atoms with Crippen LogP contribution < -0.4 is 4.74 Å². The molecule has 1 heterocycles. The molecule has 2 aromatic rings. The Morgan fingerprint density at radius 1 is 1.32 bits per heavy atom. The number of methoxy groups -OCH3 is 1. The van der Waals surface area contributed by atoms with Gasteiger partial charge in [0.15, 0.2) is 0 Å². The maximum absolute atomic E-state index is 5.64. The summed E-state index contributed by atoms with van der Waals surface area (Å²) in [5.41, 5.74) is 1.05. The van der Waals surface area contributed by atoms with Crippen molar-refractivity contribution in [3.63, 3.8) is 0 Å². The van der Waals surface area contributed by atoms with Crippen LogP contribution in [0.15, 0.2) is 33.9 Å². The van der Waals surface area contributed by atoms with Crippen LogP contribution in [-0.2, 0) is 6.42 Å². The SMILES string of the molecule is CC[C@@H](C)Sc1nnc(Cc2ccccc2OC)o1. The predicted molar refractivity (Wildman–Crippen MR) is 75.7 cm³/mol. The Hall–Kier alpha value is -1.49. The van der Waals surface area contributed by atoms with E-state index in [1.165, 1.54) is 0 Å². The molecule has 0 saturated heterocycles. The molecule has 0 aliphatic heterocycles. The highest BCUT2D eigenvalue weighted by Crippen LogP contribution is 2.25. The predicted octanol–water partition coefficient (Wildman–Crippen LogP) is 3.56. The Balaban J connectivity index is 2.07. The molecule has 0 fully saturated rings. The molecule has 19 heavy (non-hydrogen) atoms. The maximum Gasteiger partial charge on any atom is 0.276 e. The van der Waals surface area contributed by atoms with Crippen molar-refractivity contribution < 1.29 is 9.15 Å². The standard InChI is InChI=1S/C14H18N2O2S/c1-4-10(2)19-14-16-15-13(18-14)9-11-7-5-6-8-12(11)17-3/h5-8,10H,4,9H2,1-3H3/t10-/m1/s1. The van der Waals surface area contributed by atoms with Gasteiger partial charge < -0.3 is 9.15 Å². The highest BCUT2D eigenvalue weighted by atomic mass is 32.2. The van der Waals surface area contributed by atoms with Gasteiger partial charge in [0.1, 0.15) is 5.75 Å². The molecule has 4 nitrogen and oxygen atoms in total. The minimum Gasteiger partial charge on any atom is -0.496 e. The molecule has 1 aromatic carbocycles. The summed E-state index contributed by atoms with van der Waals surface area (Å²) < 4.78 is 11.0. The number of benzene rings is 1. The van der Waals surface area contributed by atoms with Crippen LogP contribution in [0.2, 0.25) is 0 Å². The molecule has 5 heteroatoms. The molecule has 2 rings (SSSR count). The minimum absolute atomic E-state index is 0.486. The molecule has 0 aliphatic carbocycles. The van der Waals surface area contributed by atoms with Gasteiger partial charge in [-0.2, -0.15) is 0 Å². The lowest BCUT2D eigenvalue weighted by Crippen LogP contribution is -1.93. The van der Waals surface area contributed by atoms with Crippen molar-refractivity contribution in [2.45, 2.75) is 37.2 Å². The van der Waals surface area contributed by atoms with Gasteiger partial charge in [-0.3, -0.25) is 0 Å². The molecule has 0 unspecified atom stereocenters. The summed E-state index contributed by atoms with van der Waals surface area (Å²) in [5.74, 6) is 1.46. The molecule has 0 radical (unpaired) electrons. The zero-order valence-electron chi connectivity index (χ0n) is 11.4. The molecule has 0 N–H and O–H groups in total. The fraction of sp³-hybridized carbons (Fsp3) is 0.429. The van der Waals surface area contributed by atoms with Crippen LogP contribution in [-0.4, -0.2) is 22.6 Å². The van der Waals surface area contributed by atoms with Gasteiger partial charge in [0.25, 0.3) is 5.22 Å². The van der Waals surface area contributed by atoms with E-state index < -0.39 is 0 Å². The largest absolute Gasteiger partial charge is 0.496 e. The Bertz CT molecular complexity index is 528. The Morgan fingerprint density at radius 3 is 2.84 bits per heavy atom. The summed E-state index contributed by atoms with van der Waals surface area (Å²) in [6, 6.07) is 7.86. The molecule has 102 valence electrons. The van der Waals surface area contributed by atoms with Crippen molar-refractivity contribution in [2.24, 2.45) is 0 Å². The van der Waals surface area contributed by atoms with Crippen molar-refractivity contribution in [3.8, 4) is 5.75 Å². The van der Waals surface area contributed by atoms with E-state index in [1.54, 1.807) is 18.9 Å². The van der Waals surface area contributed by atoms with Crippen molar-refractivity contribution in [2.75, 3.05) is 7.11 Å². The quantitative estimate of drug-likeness (QED) is 0.756. The number of hydrogen-bond donors (Lipinski definition) is 0. The number of nitrogens with zero attached hydrogens (tertiary/aromatic N) is 2. The first-order chi connectivity index (χ1) is 9.22. The average molecular weight is 278 g/mol. The molecule has 0 saturated carbocycles. The molecular weight excluding hydrogens is 260 g/mol. The second-order valence-electron chi connectivity index (χ2n) is 4.29. The first-order valence-corrected chi connectivity index (χ1v) is 7.21. The van der Waals surface area contributed by atoms with Crippen LogP contribution in [0.3, 0.4) is 0 Å². The van der Waals surface area contributed by atoms with Crippen LogP contribution in [0.5, 0.6) is 5.75 Å². The summed E-state index contributed by atoms with van der Waals surface area (Å²) in [4.78, 5) is 0. The topological polar surface area (TPSA) is 48.2 Å². The van der Waals surface area contributed by atoms with E-state index in [0.29, 0.717) is 22.8 Å². The van der Waals surface area contributed by atoms with E-state index in [2.05, 4.69) is 24.0 Å². The summed E-state index contributed by atoms with van der Waals surface area (Å²) in [7, 11) is 1.66. The first-order valence-electron chi connectivity index (χ1n) is 6.33. The zero-order chi connectivity index (χ0) is 13.7. The number of thioether (sulfide) groups is 1.